The predicted molar refractivity (Wildman–Crippen MR) is 315 cm³/mol. The number of unbranched alkanes of at least 4 members (excludes halogenated alkanes) is 26. The fourth-order valence-corrected chi connectivity index (χ4v) is 9.00. The number of ether oxygens (including phenoxy) is 3. The van der Waals surface area contributed by atoms with Gasteiger partial charge in [0.25, 0.3) is 0 Å². The molecule has 0 radical (unpaired) electrons. The Balaban J connectivity index is 2.65. The lowest BCUT2D eigenvalue weighted by Gasteiger charge is -2.41. The minimum Gasteiger partial charge on any atom is -0.454 e. The van der Waals surface area contributed by atoms with E-state index in [0.717, 1.165) is 57.8 Å². The molecule has 436 valence electrons. The minimum absolute atomic E-state index is 0.110. The summed E-state index contributed by atoms with van der Waals surface area (Å²) < 4.78 is 17.6. The summed E-state index contributed by atoms with van der Waals surface area (Å²) in [6.07, 6.45) is 59.0. The first-order valence-corrected chi connectivity index (χ1v) is 30.6. The zero-order valence-electron chi connectivity index (χ0n) is 48.1. The van der Waals surface area contributed by atoms with Crippen molar-refractivity contribution in [3.8, 4) is 0 Å². The summed E-state index contributed by atoms with van der Waals surface area (Å²) in [5, 5.41) is 56.7. The molecule has 1 aliphatic heterocycles. The number of allylic oxidation sites excluding steroid dienone is 15. The first-order valence-electron chi connectivity index (χ1n) is 30.6. The van der Waals surface area contributed by atoms with Gasteiger partial charge in [0, 0.05) is 6.42 Å². The average molecular weight is 1070 g/mol. The van der Waals surface area contributed by atoms with Crippen LogP contribution in [0.4, 0.5) is 0 Å². The fraction of sp³-hybridized carbons (Fsp3) is 0.723. The van der Waals surface area contributed by atoms with Gasteiger partial charge in [0.2, 0.25) is 5.91 Å². The molecule has 1 fully saturated rings. The molecule has 8 atom stereocenters. The van der Waals surface area contributed by atoms with Gasteiger partial charge in [-0.1, -0.05) is 259 Å². The van der Waals surface area contributed by atoms with Crippen LogP contribution in [0.1, 0.15) is 239 Å². The van der Waals surface area contributed by atoms with E-state index >= 15 is 0 Å². The fourth-order valence-electron chi connectivity index (χ4n) is 9.00. The summed E-state index contributed by atoms with van der Waals surface area (Å²) >= 11 is 0. The van der Waals surface area contributed by atoms with Gasteiger partial charge in [-0.15, -0.1) is 0 Å². The molecule has 0 aliphatic carbocycles. The highest BCUT2D eigenvalue weighted by atomic mass is 16.7. The van der Waals surface area contributed by atoms with Crippen LogP contribution in [0.5, 0.6) is 0 Å². The van der Waals surface area contributed by atoms with Gasteiger partial charge in [-0.05, 0) is 70.6 Å². The summed E-state index contributed by atoms with van der Waals surface area (Å²) in [5.41, 5.74) is 0. The molecule has 6 N–H and O–H groups in total. The largest absolute Gasteiger partial charge is 0.454 e. The van der Waals surface area contributed by atoms with Crippen molar-refractivity contribution in [2.24, 2.45) is 0 Å². The van der Waals surface area contributed by atoms with Gasteiger partial charge in [-0.25, -0.2) is 0 Å². The van der Waals surface area contributed by atoms with Crippen molar-refractivity contribution >= 4 is 11.9 Å². The number of rotatable bonds is 50. The topological polar surface area (TPSA) is 175 Å². The van der Waals surface area contributed by atoms with Crippen LogP contribution in [0.25, 0.3) is 0 Å². The molecule has 76 heavy (non-hydrogen) atoms. The van der Waals surface area contributed by atoms with Gasteiger partial charge >= 0.3 is 5.97 Å². The van der Waals surface area contributed by atoms with Crippen LogP contribution in [-0.4, -0.2) is 99.6 Å². The van der Waals surface area contributed by atoms with Gasteiger partial charge in [0.15, 0.2) is 12.4 Å². The van der Waals surface area contributed by atoms with Crippen LogP contribution in [0.3, 0.4) is 0 Å². The third-order valence-corrected chi connectivity index (χ3v) is 13.9. The predicted octanol–water partition coefficient (Wildman–Crippen LogP) is 14.3. The monoisotopic (exact) mass is 1070 g/mol. The van der Waals surface area contributed by atoms with Crippen molar-refractivity contribution in [2.45, 2.75) is 288 Å². The molecule has 0 aromatic carbocycles. The van der Waals surface area contributed by atoms with E-state index in [1.165, 1.54) is 135 Å². The summed E-state index contributed by atoms with van der Waals surface area (Å²) in [7, 11) is 0. The summed E-state index contributed by atoms with van der Waals surface area (Å²) in [5.74, 6) is -1.28. The van der Waals surface area contributed by atoms with Crippen LogP contribution >= 0.6 is 0 Å². The van der Waals surface area contributed by atoms with E-state index < -0.39 is 67.4 Å². The molecule has 8 unspecified atom stereocenters. The Labute approximate surface area is 463 Å². The maximum absolute atomic E-state index is 13.3. The molecular formula is C65H111NO10. The third-order valence-electron chi connectivity index (χ3n) is 13.9. The van der Waals surface area contributed by atoms with E-state index in [1.54, 1.807) is 6.08 Å². The van der Waals surface area contributed by atoms with Crippen molar-refractivity contribution in [2.75, 3.05) is 13.2 Å². The highest BCUT2D eigenvalue weighted by Gasteiger charge is 2.47. The lowest BCUT2D eigenvalue weighted by atomic mass is 9.99. The quantitative estimate of drug-likeness (QED) is 0.0149. The number of hydrogen-bond acceptors (Lipinski definition) is 10. The molecule has 0 aromatic heterocycles. The highest BCUT2D eigenvalue weighted by Crippen LogP contribution is 2.26. The molecule has 0 spiro atoms. The Hall–Kier alpha value is -3.42. The standard InChI is InChI=1S/C65H111NO10/c1-4-7-10-13-16-19-22-25-26-27-28-29-30-31-32-33-34-35-38-41-44-47-50-53-60(70)76-63-62(72)61(71)59(54-67)75-65(63)74-55-56(57(68)51-48-45-42-39-36-23-20-17-14-11-8-5-2)66-64(73)58(69)52-49-46-43-40-37-24-21-18-15-12-9-6-3/h9,12,15-16,18-19,21,24-26,37,40,43,46,48,51,56-59,61-63,65,67-69,71-72H,4-8,10-11,13-14,17,20,22-23,27-36,38-39,41-42,44-45,47,49-50,52-55H2,1-3H3,(H,66,73)/b12-9+,18-15+,19-16-,24-21-,26-25-,40-37-,46-43+,51-48+. The smallest absolute Gasteiger partial charge is 0.306 e. The summed E-state index contributed by atoms with van der Waals surface area (Å²) in [4.78, 5) is 26.5. The van der Waals surface area contributed by atoms with Gasteiger partial charge in [-0.3, -0.25) is 9.59 Å². The molecule has 11 heteroatoms. The van der Waals surface area contributed by atoms with Gasteiger partial charge in [0.1, 0.15) is 24.4 Å². The van der Waals surface area contributed by atoms with E-state index in [1.807, 2.05) is 60.8 Å². The van der Waals surface area contributed by atoms with Crippen LogP contribution < -0.4 is 5.32 Å². The lowest BCUT2D eigenvalue weighted by Crippen LogP contribution is -2.61. The maximum atomic E-state index is 13.3. The normalized spacial score (nSPS) is 19.8. The first-order chi connectivity index (χ1) is 37.2. The second-order valence-electron chi connectivity index (χ2n) is 20.8. The number of nitrogens with one attached hydrogen (secondary N) is 1. The number of amides is 1. The molecular weight excluding hydrogens is 955 g/mol. The SMILES string of the molecule is CC/C=C/C=C/C=C\C=C/C=C/CCC(O)C(=O)NC(COC1OC(CO)C(O)C(O)C1OC(=O)CCCCCCCCCCCCCCC/C=C\C/C=C\CCCCC)C(O)/C=C/CCCCCCCCCCCC. The summed E-state index contributed by atoms with van der Waals surface area (Å²) in [6, 6.07) is -1.06. The molecule has 1 amide bonds. The second-order valence-corrected chi connectivity index (χ2v) is 20.8. The third kappa shape index (κ3) is 39.9. The summed E-state index contributed by atoms with van der Waals surface area (Å²) in [6.45, 7) is 5.56. The Morgan fingerprint density at radius 1 is 0.539 bits per heavy atom. The Morgan fingerprint density at radius 2 is 1.00 bits per heavy atom. The first kappa shape index (κ1) is 70.6. The minimum atomic E-state index is -1.63. The van der Waals surface area contributed by atoms with Crippen molar-refractivity contribution in [3.05, 3.63) is 97.2 Å². The molecule has 1 saturated heterocycles. The van der Waals surface area contributed by atoms with Gasteiger partial charge in [-0.2, -0.15) is 0 Å². The van der Waals surface area contributed by atoms with Crippen molar-refractivity contribution in [1.82, 2.24) is 5.32 Å². The molecule has 1 aliphatic rings. The molecule has 0 aromatic rings. The van der Waals surface area contributed by atoms with Crippen LogP contribution in [0, 0.1) is 0 Å². The van der Waals surface area contributed by atoms with E-state index in [4.69, 9.17) is 14.2 Å². The average Bonchev–Trinajstić information content (AvgIpc) is 3.42. The zero-order chi connectivity index (χ0) is 55.4. The molecule has 1 heterocycles. The molecule has 11 nitrogen and oxygen atoms in total. The maximum Gasteiger partial charge on any atom is 0.306 e. The molecule has 1 rings (SSSR count). The van der Waals surface area contributed by atoms with Crippen LogP contribution in [0.2, 0.25) is 0 Å². The van der Waals surface area contributed by atoms with E-state index in [-0.39, 0.29) is 19.4 Å². The van der Waals surface area contributed by atoms with E-state index in [9.17, 15) is 35.1 Å². The number of esters is 1. The molecule has 0 bridgehead atoms. The molecule has 0 saturated carbocycles. The Bertz CT molecular complexity index is 1600. The van der Waals surface area contributed by atoms with Gasteiger partial charge in [0.05, 0.1) is 25.4 Å². The number of aliphatic hydroxyl groups excluding tert-OH is 5. The number of carbonyl (C=O) groups is 2. The number of hydrogen-bond donors (Lipinski definition) is 6. The van der Waals surface area contributed by atoms with Crippen LogP contribution in [-0.2, 0) is 23.8 Å². The van der Waals surface area contributed by atoms with Crippen molar-refractivity contribution < 1.29 is 49.3 Å². The van der Waals surface area contributed by atoms with Crippen molar-refractivity contribution in [1.29, 1.82) is 0 Å². The van der Waals surface area contributed by atoms with Crippen molar-refractivity contribution in [3.63, 3.8) is 0 Å². The number of aliphatic hydroxyl groups is 5. The highest BCUT2D eigenvalue weighted by molar-refractivity contribution is 5.80. The Morgan fingerprint density at radius 3 is 1.53 bits per heavy atom. The zero-order valence-corrected chi connectivity index (χ0v) is 48.1. The van der Waals surface area contributed by atoms with Gasteiger partial charge < -0.3 is 45.1 Å². The lowest BCUT2D eigenvalue weighted by molar-refractivity contribution is -0.305. The second kappa shape index (κ2) is 52.3. The van der Waals surface area contributed by atoms with E-state index in [2.05, 4.69) is 56.5 Å². The van der Waals surface area contributed by atoms with Crippen LogP contribution in [0.15, 0.2) is 97.2 Å². The van der Waals surface area contributed by atoms with E-state index in [0.29, 0.717) is 12.8 Å². The Kier molecular flexibility index (Phi) is 48.6. The number of carbonyl (C=O) groups excluding carboxylic acids is 2.